The fraction of sp³-hybridized carbons (Fsp3) is 0.382. The number of anilines is 1. The predicted molar refractivity (Wildman–Crippen MR) is 298 cm³/mol. The van der Waals surface area contributed by atoms with Crippen molar-refractivity contribution in [2.45, 2.75) is 32.1 Å². The van der Waals surface area contributed by atoms with E-state index in [0.717, 1.165) is 28.7 Å². The molecule has 1 saturated heterocycles. The maximum absolute atomic E-state index is 13.3. The maximum Gasteiger partial charge on any atom is 0.293 e. The lowest BCUT2D eigenvalue weighted by Gasteiger charge is -2.32. The summed E-state index contributed by atoms with van der Waals surface area (Å²) in [6.45, 7) is 0.0415. The van der Waals surface area contributed by atoms with Gasteiger partial charge in [0, 0.05) is 150 Å². The highest BCUT2D eigenvalue weighted by atomic mass is 16.3. The summed E-state index contributed by atoms with van der Waals surface area (Å²) in [5.41, 5.74) is -3.18. The summed E-state index contributed by atoms with van der Waals surface area (Å²) in [6.07, 6.45) is 5.16. The quantitative estimate of drug-likeness (QED) is 0.0250. The number of likely N-dealkylation sites (tertiary alicyclic amines) is 1. The maximum atomic E-state index is 13.3. The average Bonchev–Trinajstić information content (AvgIpc) is 3.77. The van der Waals surface area contributed by atoms with Crippen LogP contribution in [-0.2, 0) is 53.8 Å². The van der Waals surface area contributed by atoms with E-state index in [4.69, 9.17) is 0 Å². The number of nitrogens with one attached hydrogen (secondary N) is 5. The first-order valence-electron chi connectivity index (χ1n) is 26.3. The van der Waals surface area contributed by atoms with Crippen molar-refractivity contribution >= 4 is 52.8 Å². The number of hydrogen-bond acceptors (Lipinski definition) is 18. The molecular formula is C55H66N12O16. The fourth-order valence-electron chi connectivity index (χ4n) is 8.98. The van der Waals surface area contributed by atoms with Gasteiger partial charge in [-0.2, -0.15) is 0 Å². The number of aromatic hydroxyl groups is 4. The van der Waals surface area contributed by atoms with Gasteiger partial charge in [0.15, 0.2) is 28.8 Å². The summed E-state index contributed by atoms with van der Waals surface area (Å²) in [6, 6.07) is 11.9. The van der Waals surface area contributed by atoms with Crippen LogP contribution in [0.1, 0.15) is 72.7 Å². The van der Waals surface area contributed by atoms with Crippen molar-refractivity contribution in [2.75, 3.05) is 77.3 Å². The molecular weight excluding hydrogens is 1080 g/mol. The molecule has 0 aliphatic carbocycles. The number of Topliss-reactive ketones (excluding diaryl/α,β-unsaturated/α-hetero) is 1. The Bertz CT molecular complexity index is 3180. The standard InChI is InChI=1S/C55H66N12O16/c1-61-21-13-37(44(72)52(61)80)48(76)56-17-25-65(26-18-57-49(77)38-14-22-62(2)53(81)45(38)73)30-34(29-33-5-7-35(8-6-33)60-41(69)10-9-36(68)32-67-42(70)11-12-43(67)71)31-66(27-19-58-50(78)39-15-23-63(3)54(82)46(39)74)28-20-59-51(79)40-16-24-64(4)55(83)47(40)75/h5-8,13-16,21-24,34,72-75H,9-12,17-20,25-32H2,1-4H3,(H,56,76)(H,57,77)(H,58,78)(H,59,79)(H,60,69). The smallest absolute Gasteiger partial charge is 0.293 e. The summed E-state index contributed by atoms with van der Waals surface area (Å²) < 4.78 is 4.38. The van der Waals surface area contributed by atoms with Gasteiger partial charge in [-0.15, -0.1) is 0 Å². The zero-order chi connectivity index (χ0) is 60.7. The minimum atomic E-state index is -0.800. The van der Waals surface area contributed by atoms with E-state index in [0.29, 0.717) is 5.69 Å². The molecule has 1 aliphatic rings. The molecule has 1 aliphatic heterocycles. The summed E-state index contributed by atoms with van der Waals surface area (Å²) in [4.78, 5) is 157. The van der Waals surface area contributed by atoms with E-state index in [2.05, 4.69) is 26.6 Å². The van der Waals surface area contributed by atoms with Crippen LogP contribution in [0.5, 0.6) is 23.0 Å². The van der Waals surface area contributed by atoms with E-state index in [1.54, 1.807) is 24.3 Å². The predicted octanol–water partition coefficient (Wildman–Crippen LogP) is -1.78. The Labute approximate surface area is 473 Å². The largest absolute Gasteiger partial charge is 0.502 e. The van der Waals surface area contributed by atoms with Gasteiger partial charge in [0.05, 0.1) is 28.8 Å². The van der Waals surface area contributed by atoms with E-state index in [-0.39, 0.29) is 120 Å². The number of aromatic nitrogens is 4. The molecule has 4 aromatic heterocycles. The topological polar surface area (TPSA) is 375 Å². The highest BCUT2D eigenvalue weighted by Gasteiger charge is 2.30. The molecule has 28 nitrogen and oxygen atoms in total. The number of amides is 7. The second-order valence-corrected chi connectivity index (χ2v) is 19.8. The van der Waals surface area contributed by atoms with E-state index >= 15 is 0 Å². The third kappa shape index (κ3) is 16.7. The van der Waals surface area contributed by atoms with Crippen molar-refractivity contribution in [1.82, 2.24) is 54.2 Å². The minimum Gasteiger partial charge on any atom is -0.502 e. The monoisotopic (exact) mass is 1150 g/mol. The highest BCUT2D eigenvalue weighted by Crippen LogP contribution is 2.19. The third-order valence-electron chi connectivity index (χ3n) is 13.7. The molecule has 7 amide bonds. The van der Waals surface area contributed by atoms with Crippen LogP contribution < -0.4 is 48.8 Å². The van der Waals surface area contributed by atoms with Crippen molar-refractivity contribution < 1.29 is 58.8 Å². The van der Waals surface area contributed by atoms with Crippen molar-refractivity contribution in [1.29, 1.82) is 0 Å². The molecule has 9 N–H and O–H groups in total. The van der Waals surface area contributed by atoms with E-state index in [1.165, 1.54) is 77.2 Å². The molecule has 0 spiro atoms. The number of aryl methyl sites for hydroxylation is 4. The average molecular weight is 1150 g/mol. The number of pyridine rings is 4. The van der Waals surface area contributed by atoms with Crippen LogP contribution in [0.4, 0.5) is 5.69 Å². The molecule has 0 unspecified atom stereocenters. The molecule has 6 rings (SSSR count). The lowest BCUT2D eigenvalue weighted by molar-refractivity contribution is -0.141. The van der Waals surface area contributed by atoms with Crippen LogP contribution in [0.2, 0.25) is 0 Å². The minimum absolute atomic E-state index is 0.0259. The van der Waals surface area contributed by atoms with Crippen LogP contribution in [0.15, 0.2) is 92.5 Å². The van der Waals surface area contributed by atoms with Crippen molar-refractivity contribution in [3.8, 4) is 23.0 Å². The number of carbonyl (C=O) groups is 8. The first-order valence-corrected chi connectivity index (χ1v) is 26.3. The molecule has 0 bridgehead atoms. The van der Waals surface area contributed by atoms with Crippen LogP contribution in [0.25, 0.3) is 0 Å². The summed E-state index contributed by atoms with van der Waals surface area (Å²) in [5.74, 6) is -8.39. The van der Waals surface area contributed by atoms with Gasteiger partial charge in [-0.1, -0.05) is 12.1 Å². The lowest BCUT2D eigenvalue weighted by Crippen LogP contribution is -2.46. The fourth-order valence-corrected chi connectivity index (χ4v) is 8.98. The van der Waals surface area contributed by atoms with Gasteiger partial charge >= 0.3 is 0 Å². The molecule has 28 heteroatoms. The first-order chi connectivity index (χ1) is 39.4. The summed E-state index contributed by atoms with van der Waals surface area (Å²) in [5, 5.41) is 55.6. The second-order valence-electron chi connectivity index (χ2n) is 19.8. The molecule has 83 heavy (non-hydrogen) atoms. The number of benzene rings is 1. The summed E-state index contributed by atoms with van der Waals surface area (Å²) >= 11 is 0. The number of rotatable bonds is 28. The molecule has 1 aromatic carbocycles. The Morgan fingerprint density at radius 3 is 1.13 bits per heavy atom. The van der Waals surface area contributed by atoms with Gasteiger partial charge in [-0.25, -0.2) is 0 Å². The second kappa shape index (κ2) is 28.6. The van der Waals surface area contributed by atoms with Crippen LogP contribution in [0.3, 0.4) is 0 Å². The zero-order valence-electron chi connectivity index (χ0n) is 46.1. The van der Waals surface area contributed by atoms with Gasteiger partial charge in [0.1, 0.15) is 0 Å². The van der Waals surface area contributed by atoms with Crippen LogP contribution in [-0.4, -0.2) is 173 Å². The van der Waals surface area contributed by atoms with Crippen molar-refractivity contribution in [2.24, 2.45) is 34.1 Å². The van der Waals surface area contributed by atoms with Gasteiger partial charge in [0.25, 0.3) is 45.9 Å². The van der Waals surface area contributed by atoms with Crippen LogP contribution >= 0.6 is 0 Å². The molecule has 0 atom stereocenters. The van der Waals surface area contributed by atoms with E-state index in [9.17, 15) is 78.0 Å². The Kier molecular flexibility index (Phi) is 21.6. The van der Waals surface area contributed by atoms with Gasteiger partial charge in [-0.05, 0) is 54.3 Å². The third-order valence-corrected chi connectivity index (χ3v) is 13.7. The molecule has 5 aromatic rings. The zero-order valence-corrected chi connectivity index (χ0v) is 46.1. The SMILES string of the molecule is Cn1ccc(C(=O)NCCN(CCNC(=O)c2ccn(C)c(=O)c2O)CC(Cc2ccc(NC(=O)CCC(=O)CN3C(=O)CCC3=O)cc2)CN(CCNC(=O)c2ccn(C)c(=O)c2O)CCNC(=O)c2ccn(C)c(=O)c2O)c(O)c1=O. The van der Waals surface area contributed by atoms with Gasteiger partial charge in [0.2, 0.25) is 17.7 Å². The Morgan fingerprint density at radius 1 is 0.482 bits per heavy atom. The Hall–Kier alpha value is -9.70. The Balaban J connectivity index is 1.26. The normalized spacial score (nSPS) is 12.3. The first kappa shape index (κ1) is 62.5. The molecule has 0 radical (unpaired) electrons. The number of nitrogens with zero attached hydrogens (tertiary/aromatic N) is 7. The van der Waals surface area contributed by atoms with Gasteiger partial charge in [-0.3, -0.25) is 72.2 Å². The molecule has 0 saturated carbocycles. The van der Waals surface area contributed by atoms with E-state index < -0.39 is 105 Å². The number of ketones is 1. The number of hydrogen-bond donors (Lipinski definition) is 9. The number of carbonyl (C=O) groups excluding carboxylic acids is 8. The lowest BCUT2D eigenvalue weighted by atomic mass is 9.97. The Morgan fingerprint density at radius 2 is 0.807 bits per heavy atom. The number of imide groups is 1. The summed E-state index contributed by atoms with van der Waals surface area (Å²) in [7, 11) is 5.60. The molecule has 442 valence electrons. The van der Waals surface area contributed by atoms with Crippen molar-refractivity contribution in [3.63, 3.8) is 0 Å². The van der Waals surface area contributed by atoms with Gasteiger partial charge < -0.3 is 65.3 Å². The van der Waals surface area contributed by atoms with Crippen LogP contribution in [0, 0.1) is 5.92 Å². The molecule has 5 heterocycles. The highest BCUT2D eigenvalue weighted by molar-refractivity contribution is 6.05. The molecule has 1 fully saturated rings. The van der Waals surface area contributed by atoms with Crippen molar-refractivity contribution in [3.05, 3.63) is 143 Å². The van der Waals surface area contributed by atoms with E-state index in [1.807, 2.05) is 9.80 Å².